The van der Waals surface area contributed by atoms with Crippen LogP contribution in [0.3, 0.4) is 0 Å². The maximum Gasteiger partial charge on any atom is 0.241 e. The van der Waals surface area contributed by atoms with E-state index in [4.69, 9.17) is 9.52 Å². The highest BCUT2D eigenvalue weighted by Crippen LogP contribution is 2.26. The minimum Gasteiger partial charge on any atom is -0.422 e. The van der Waals surface area contributed by atoms with Gasteiger partial charge < -0.3 is 14.4 Å². The minimum absolute atomic E-state index is 0.217. The molecule has 1 aliphatic heterocycles. The van der Waals surface area contributed by atoms with Crippen LogP contribution in [-0.4, -0.2) is 39.7 Å². The number of nitrogens with zero attached hydrogens (tertiary/aromatic N) is 3. The second-order valence-electron chi connectivity index (χ2n) is 3.61. The van der Waals surface area contributed by atoms with E-state index < -0.39 is 0 Å². The molecule has 0 aromatic carbocycles. The van der Waals surface area contributed by atoms with Crippen molar-refractivity contribution < 1.29 is 14.3 Å². The molecule has 1 fully saturated rings. The van der Waals surface area contributed by atoms with E-state index in [1.807, 2.05) is 0 Å². The van der Waals surface area contributed by atoms with E-state index in [0.29, 0.717) is 5.89 Å². The summed E-state index contributed by atoms with van der Waals surface area (Å²) in [6.07, 6.45) is 2.54. The van der Waals surface area contributed by atoms with Gasteiger partial charge in [0.25, 0.3) is 0 Å². The number of aromatic nitrogens is 2. The van der Waals surface area contributed by atoms with Crippen LogP contribution in [0.1, 0.15) is 30.5 Å². The molecule has 0 aliphatic carbocycles. The van der Waals surface area contributed by atoms with Crippen molar-refractivity contribution in [3.8, 4) is 0 Å². The number of piperidine rings is 1. The van der Waals surface area contributed by atoms with Crippen LogP contribution in [0.25, 0.3) is 0 Å². The zero-order valence-corrected chi connectivity index (χ0v) is 8.30. The quantitative estimate of drug-likeness (QED) is 0.706. The predicted octanol–water partition coefficient (Wildman–Crippen LogP) is -0.102. The summed E-state index contributed by atoms with van der Waals surface area (Å²) < 4.78 is 5.26. The Bertz CT molecular complexity index is 331. The van der Waals surface area contributed by atoms with Gasteiger partial charge in [-0.2, -0.15) is 0 Å². The van der Waals surface area contributed by atoms with E-state index in [2.05, 4.69) is 10.2 Å². The van der Waals surface area contributed by atoms with Crippen LogP contribution in [0, 0.1) is 0 Å². The van der Waals surface area contributed by atoms with Gasteiger partial charge in [0, 0.05) is 19.0 Å². The van der Waals surface area contributed by atoms with Gasteiger partial charge in [-0.1, -0.05) is 0 Å². The van der Waals surface area contributed by atoms with Crippen LogP contribution in [0.15, 0.2) is 4.42 Å². The predicted molar refractivity (Wildman–Crippen MR) is 49.8 cm³/mol. The molecule has 1 amide bonds. The summed E-state index contributed by atoms with van der Waals surface area (Å²) in [4.78, 5) is 12.2. The van der Waals surface area contributed by atoms with Crippen molar-refractivity contribution in [2.75, 3.05) is 13.1 Å². The van der Waals surface area contributed by atoms with E-state index in [9.17, 15) is 4.79 Å². The van der Waals surface area contributed by atoms with Crippen molar-refractivity contribution in [2.24, 2.45) is 0 Å². The van der Waals surface area contributed by atoms with Gasteiger partial charge >= 0.3 is 0 Å². The summed E-state index contributed by atoms with van der Waals surface area (Å²) in [6, 6.07) is 0. The van der Waals surface area contributed by atoms with E-state index in [1.54, 1.807) is 4.90 Å². The third-order valence-electron chi connectivity index (χ3n) is 2.65. The van der Waals surface area contributed by atoms with Crippen LogP contribution in [0.4, 0.5) is 0 Å². The third kappa shape index (κ3) is 2.15. The standard InChI is InChI=1S/C9H13N3O3/c13-5-8-10-11-9(15-8)7-1-3-12(6-14)4-2-7/h6-7,13H,1-5H2. The lowest BCUT2D eigenvalue weighted by Gasteiger charge is -2.26. The molecule has 2 rings (SSSR count). The fraction of sp³-hybridized carbons (Fsp3) is 0.667. The highest BCUT2D eigenvalue weighted by atomic mass is 16.4. The van der Waals surface area contributed by atoms with Crippen LogP contribution in [0.2, 0.25) is 0 Å². The van der Waals surface area contributed by atoms with Gasteiger partial charge in [-0.15, -0.1) is 10.2 Å². The average molecular weight is 211 g/mol. The number of hydrogen-bond donors (Lipinski definition) is 1. The van der Waals surface area contributed by atoms with Gasteiger partial charge in [-0.25, -0.2) is 0 Å². The van der Waals surface area contributed by atoms with Crippen molar-refractivity contribution in [3.63, 3.8) is 0 Å². The second-order valence-corrected chi connectivity index (χ2v) is 3.61. The fourth-order valence-corrected chi connectivity index (χ4v) is 1.75. The molecule has 15 heavy (non-hydrogen) atoms. The Morgan fingerprint density at radius 3 is 2.73 bits per heavy atom. The molecule has 1 aromatic heterocycles. The molecule has 0 unspecified atom stereocenters. The number of hydrogen-bond acceptors (Lipinski definition) is 5. The highest BCUT2D eigenvalue weighted by molar-refractivity contribution is 5.47. The summed E-state index contributed by atoms with van der Waals surface area (Å²) in [6.45, 7) is 1.23. The van der Waals surface area contributed by atoms with Gasteiger partial charge in [0.05, 0.1) is 0 Å². The molecule has 0 bridgehead atoms. The maximum atomic E-state index is 10.5. The smallest absolute Gasteiger partial charge is 0.241 e. The maximum absolute atomic E-state index is 10.5. The first kappa shape index (κ1) is 10.1. The topological polar surface area (TPSA) is 79.5 Å². The number of carbonyl (C=O) groups excluding carboxylic acids is 1. The SMILES string of the molecule is O=CN1CCC(c2nnc(CO)o2)CC1. The Morgan fingerprint density at radius 1 is 1.47 bits per heavy atom. The van der Waals surface area contributed by atoms with Gasteiger partial charge in [0.2, 0.25) is 18.2 Å². The number of likely N-dealkylation sites (tertiary alicyclic amines) is 1. The first-order valence-corrected chi connectivity index (χ1v) is 4.96. The monoisotopic (exact) mass is 211 g/mol. The van der Waals surface area contributed by atoms with Crippen molar-refractivity contribution in [1.82, 2.24) is 15.1 Å². The molecule has 1 aliphatic rings. The van der Waals surface area contributed by atoms with Crippen LogP contribution < -0.4 is 0 Å². The van der Waals surface area contributed by atoms with E-state index in [-0.39, 0.29) is 18.4 Å². The number of aliphatic hydroxyl groups is 1. The number of carbonyl (C=O) groups is 1. The lowest BCUT2D eigenvalue weighted by atomic mass is 9.97. The minimum atomic E-state index is -0.222. The van der Waals surface area contributed by atoms with Crippen molar-refractivity contribution in [1.29, 1.82) is 0 Å². The van der Waals surface area contributed by atoms with Gasteiger partial charge in [-0.3, -0.25) is 4.79 Å². The third-order valence-corrected chi connectivity index (χ3v) is 2.65. The van der Waals surface area contributed by atoms with Crippen LogP contribution >= 0.6 is 0 Å². The first-order chi connectivity index (χ1) is 7.33. The lowest BCUT2D eigenvalue weighted by Crippen LogP contribution is -2.31. The zero-order chi connectivity index (χ0) is 10.7. The Morgan fingerprint density at radius 2 is 2.20 bits per heavy atom. The molecule has 6 heteroatoms. The highest BCUT2D eigenvalue weighted by Gasteiger charge is 2.24. The first-order valence-electron chi connectivity index (χ1n) is 4.96. The molecule has 0 atom stereocenters. The van der Waals surface area contributed by atoms with Crippen LogP contribution in [-0.2, 0) is 11.4 Å². The Hall–Kier alpha value is -1.43. The normalized spacial score (nSPS) is 18.1. The number of amides is 1. The molecule has 1 saturated heterocycles. The Balaban J connectivity index is 1.97. The van der Waals surface area contributed by atoms with Crippen LogP contribution in [0.5, 0.6) is 0 Å². The van der Waals surface area contributed by atoms with Gasteiger partial charge in [-0.05, 0) is 12.8 Å². The van der Waals surface area contributed by atoms with Crippen molar-refractivity contribution >= 4 is 6.41 Å². The summed E-state index contributed by atoms with van der Waals surface area (Å²) in [5.41, 5.74) is 0. The van der Waals surface area contributed by atoms with Crippen molar-refractivity contribution in [2.45, 2.75) is 25.4 Å². The summed E-state index contributed by atoms with van der Waals surface area (Å²) in [5.74, 6) is 1.04. The molecular formula is C9H13N3O3. The number of aliphatic hydroxyl groups excluding tert-OH is 1. The molecule has 1 aromatic rings. The summed E-state index contributed by atoms with van der Waals surface area (Å²) in [7, 11) is 0. The summed E-state index contributed by atoms with van der Waals surface area (Å²) >= 11 is 0. The van der Waals surface area contributed by atoms with Crippen molar-refractivity contribution in [3.05, 3.63) is 11.8 Å². The average Bonchev–Trinajstić information content (AvgIpc) is 2.78. The largest absolute Gasteiger partial charge is 0.422 e. The Labute approximate surface area is 86.9 Å². The zero-order valence-electron chi connectivity index (χ0n) is 8.30. The molecule has 2 heterocycles. The lowest BCUT2D eigenvalue weighted by molar-refractivity contribution is -0.119. The second kappa shape index (κ2) is 4.39. The number of rotatable bonds is 3. The van der Waals surface area contributed by atoms with Gasteiger partial charge in [0.15, 0.2) is 0 Å². The molecular weight excluding hydrogens is 198 g/mol. The molecule has 6 nitrogen and oxygen atoms in total. The molecule has 0 spiro atoms. The Kier molecular flexibility index (Phi) is 2.96. The van der Waals surface area contributed by atoms with Gasteiger partial charge in [0.1, 0.15) is 6.61 Å². The summed E-state index contributed by atoms with van der Waals surface area (Å²) in [5, 5.41) is 16.4. The molecule has 0 saturated carbocycles. The molecule has 82 valence electrons. The molecule has 1 N–H and O–H groups in total. The molecule has 0 radical (unpaired) electrons. The fourth-order valence-electron chi connectivity index (χ4n) is 1.75. The van der Waals surface area contributed by atoms with E-state index in [0.717, 1.165) is 32.3 Å². The van der Waals surface area contributed by atoms with E-state index >= 15 is 0 Å². The van der Waals surface area contributed by atoms with E-state index in [1.165, 1.54) is 0 Å².